The summed E-state index contributed by atoms with van der Waals surface area (Å²) in [5.41, 5.74) is 2.72. The number of anilines is 2. The predicted molar refractivity (Wildman–Crippen MR) is 104 cm³/mol. The smallest absolute Gasteiger partial charge is 0.146 e. The minimum atomic E-state index is -0.128. The number of fused-ring (bicyclic) bond motifs is 1. The Morgan fingerprint density at radius 1 is 1.37 bits per heavy atom. The molecule has 0 bridgehead atoms. The van der Waals surface area contributed by atoms with Gasteiger partial charge in [0, 0.05) is 18.7 Å². The average Bonchev–Trinajstić information content (AvgIpc) is 3.23. The van der Waals surface area contributed by atoms with Gasteiger partial charge in [-0.1, -0.05) is 13.8 Å². The van der Waals surface area contributed by atoms with Crippen molar-refractivity contribution in [1.29, 1.82) is 5.26 Å². The minimum Gasteiger partial charge on any atom is -0.467 e. The molecule has 0 aliphatic carbocycles. The van der Waals surface area contributed by atoms with Crippen LogP contribution in [0.4, 0.5) is 11.6 Å². The summed E-state index contributed by atoms with van der Waals surface area (Å²) in [5, 5.41) is 26.0. The number of hydrogen-bond acceptors (Lipinski definition) is 7. The highest BCUT2D eigenvalue weighted by atomic mass is 16.3. The van der Waals surface area contributed by atoms with Crippen molar-refractivity contribution in [2.45, 2.75) is 45.8 Å². The third kappa shape index (κ3) is 4.24. The van der Waals surface area contributed by atoms with E-state index in [1.165, 1.54) is 0 Å². The van der Waals surface area contributed by atoms with Gasteiger partial charge in [-0.15, -0.1) is 0 Å². The van der Waals surface area contributed by atoms with Crippen LogP contribution >= 0.6 is 0 Å². The standard InChI is InChI=1S/C20H27N5O2/c1-3-14(13-26)23-20-17(10-21)16-7-8-25(4-2)12-18(16)19(24-20)22-11-15-6-5-9-27-15/h5-6,9,14,26H,3-4,7-8,11-13H2,1-2H3,(H2,22,23,24). The number of pyridine rings is 1. The first-order chi connectivity index (χ1) is 13.2. The average molecular weight is 369 g/mol. The highest BCUT2D eigenvalue weighted by Gasteiger charge is 2.25. The van der Waals surface area contributed by atoms with E-state index >= 15 is 0 Å². The number of rotatable bonds is 8. The number of aliphatic hydroxyl groups excluding tert-OH is 1. The third-order valence-electron chi connectivity index (χ3n) is 5.10. The van der Waals surface area contributed by atoms with Gasteiger partial charge in [0.1, 0.15) is 23.5 Å². The number of aromatic nitrogens is 1. The van der Waals surface area contributed by atoms with E-state index < -0.39 is 0 Å². The summed E-state index contributed by atoms with van der Waals surface area (Å²) >= 11 is 0. The van der Waals surface area contributed by atoms with Gasteiger partial charge in [0.15, 0.2) is 0 Å². The zero-order chi connectivity index (χ0) is 19.2. The molecular formula is C20H27N5O2. The summed E-state index contributed by atoms with van der Waals surface area (Å²) in [6.45, 7) is 7.32. The molecule has 0 aromatic carbocycles. The van der Waals surface area contributed by atoms with E-state index in [4.69, 9.17) is 9.40 Å². The zero-order valence-corrected chi connectivity index (χ0v) is 16.0. The first-order valence-electron chi connectivity index (χ1n) is 9.51. The van der Waals surface area contributed by atoms with Crippen LogP contribution in [-0.2, 0) is 19.5 Å². The normalized spacial score (nSPS) is 15.0. The molecule has 0 amide bonds. The second kappa shape index (κ2) is 8.89. The fraction of sp³-hybridized carbons (Fsp3) is 0.500. The Morgan fingerprint density at radius 2 is 2.22 bits per heavy atom. The summed E-state index contributed by atoms with van der Waals surface area (Å²) in [6.07, 6.45) is 3.21. The molecule has 0 radical (unpaired) electrons. The molecule has 0 spiro atoms. The topological polar surface area (TPSA) is 97.3 Å². The molecule has 1 unspecified atom stereocenters. The fourth-order valence-electron chi connectivity index (χ4n) is 3.39. The van der Waals surface area contributed by atoms with Gasteiger partial charge in [-0.2, -0.15) is 5.26 Å². The van der Waals surface area contributed by atoms with Crippen LogP contribution < -0.4 is 10.6 Å². The fourth-order valence-corrected chi connectivity index (χ4v) is 3.39. The number of furan rings is 1. The maximum atomic E-state index is 9.79. The van der Waals surface area contributed by atoms with Gasteiger partial charge in [0.05, 0.1) is 31.0 Å². The number of aliphatic hydroxyl groups is 1. The first-order valence-corrected chi connectivity index (χ1v) is 9.51. The number of nitrogens with zero attached hydrogens (tertiary/aromatic N) is 3. The highest BCUT2D eigenvalue weighted by Crippen LogP contribution is 2.32. The molecule has 3 rings (SSSR count). The summed E-state index contributed by atoms with van der Waals surface area (Å²) in [7, 11) is 0. The molecule has 7 nitrogen and oxygen atoms in total. The maximum absolute atomic E-state index is 9.79. The van der Waals surface area contributed by atoms with Gasteiger partial charge in [0.25, 0.3) is 0 Å². The van der Waals surface area contributed by atoms with Crippen molar-refractivity contribution in [2.24, 2.45) is 0 Å². The van der Waals surface area contributed by atoms with Crippen LogP contribution in [0.5, 0.6) is 0 Å². The summed E-state index contributed by atoms with van der Waals surface area (Å²) in [6, 6.07) is 5.98. The quantitative estimate of drug-likeness (QED) is 0.658. The Bertz CT molecular complexity index is 794. The van der Waals surface area contributed by atoms with Gasteiger partial charge in [-0.05, 0) is 37.1 Å². The molecule has 1 aliphatic rings. The molecule has 1 atom stereocenters. The second-order valence-corrected chi connectivity index (χ2v) is 6.74. The van der Waals surface area contributed by atoms with Gasteiger partial charge in [0.2, 0.25) is 0 Å². The molecule has 0 saturated carbocycles. The second-order valence-electron chi connectivity index (χ2n) is 6.74. The van der Waals surface area contributed by atoms with Gasteiger partial charge in [-0.25, -0.2) is 4.98 Å². The molecule has 3 N–H and O–H groups in total. The third-order valence-corrected chi connectivity index (χ3v) is 5.10. The molecular weight excluding hydrogens is 342 g/mol. The Labute approximate surface area is 160 Å². The number of nitrogens with one attached hydrogen (secondary N) is 2. The Hall–Kier alpha value is -2.56. The summed E-state index contributed by atoms with van der Waals surface area (Å²) in [4.78, 5) is 7.08. The van der Waals surface area contributed by atoms with Crippen molar-refractivity contribution in [3.05, 3.63) is 40.8 Å². The Morgan fingerprint density at radius 3 is 2.85 bits per heavy atom. The lowest BCUT2D eigenvalue weighted by Gasteiger charge is -2.30. The molecule has 144 valence electrons. The lowest BCUT2D eigenvalue weighted by atomic mass is 9.95. The molecule has 0 fully saturated rings. The van der Waals surface area contributed by atoms with Crippen LogP contribution in [-0.4, -0.2) is 40.7 Å². The van der Waals surface area contributed by atoms with E-state index in [9.17, 15) is 10.4 Å². The van der Waals surface area contributed by atoms with Crippen LogP contribution in [0.1, 0.15) is 42.7 Å². The molecule has 2 aromatic heterocycles. The lowest BCUT2D eigenvalue weighted by molar-refractivity contribution is 0.267. The van der Waals surface area contributed by atoms with Crippen LogP contribution in [0.15, 0.2) is 22.8 Å². The van der Waals surface area contributed by atoms with E-state index in [0.717, 1.165) is 55.2 Å². The molecule has 7 heteroatoms. The Balaban J connectivity index is 1.99. The molecule has 2 aromatic rings. The predicted octanol–water partition coefficient (Wildman–Crippen LogP) is 2.72. The minimum absolute atomic E-state index is 0.00109. The van der Waals surface area contributed by atoms with Gasteiger partial charge < -0.3 is 20.2 Å². The van der Waals surface area contributed by atoms with E-state index in [0.29, 0.717) is 17.9 Å². The zero-order valence-electron chi connectivity index (χ0n) is 16.0. The van der Waals surface area contributed by atoms with Gasteiger partial charge >= 0.3 is 0 Å². The van der Waals surface area contributed by atoms with Crippen LogP contribution in [0.25, 0.3) is 0 Å². The van der Waals surface area contributed by atoms with E-state index in [1.54, 1.807) is 6.26 Å². The van der Waals surface area contributed by atoms with E-state index in [1.807, 2.05) is 19.1 Å². The van der Waals surface area contributed by atoms with Crippen molar-refractivity contribution in [3.63, 3.8) is 0 Å². The molecule has 27 heavy (non-hydrogen) atoms. The summed E-state index contributed by atoms with van der Waals surface area (Å²) < 4.78 is 5.41. The SMILES string of the molecule is CCC(CO)Nc1nc(NCc2ccco2)c2c(c1C#N)CCN(CC)C2. The Kier molecular flexibility index (Phi) is 6.32. The molecule has 3 heterocycles. The highest BCUT2D eigenvalue weighted by molar-refractivity contribution is 5.66. The van der Waals surface area contributed by atoms with E-state index in [-0.39, 0.29) is 12.6 Å². The molecule has 0 saturated heterocycles. The largest absolute Gasteiger partial charge is 0.467 e. The number of hydrogen-bond donors (Lipinski definition) is 3. The summed E-state index contributed by atoms with van der Waals surface area (Å²) in [5.74, 6) is 2.15. The van der Waals surface area contributed by atoms with Crippen LogP contribution in [0, 0.1) is 11.3 Å². The van der Waals surface area contributed by atoms with Crippen molar-refractivity contribution in [1.82, 2.24) is 9.88 Å². The van der Waals surface area contributed by atoms with Crippen molar-refractivity contribution < 1.29 is 9.52 Å². The lowest BCUT2D eigenvalue weighted by Crippen LogP contribution is -2.32. The molecule has 1 aliphatic heterocycles. The van der Waals surface area contributed by atoms with Crippen molar-refractivity contribution >= 4 is 11.6 Å². The number of likely N-dealkylation sites (N-methyl/N-ethyl adjacent to an activating group) is 1. The monoisotopic (exact) mass is 369 g/mol. The van der Waals surface area contributed by atoms with Crippen molar-refractivity contribution in [3.8, 4) is 6.07 Å². The van der Waals surface area contributed by atoms with Crippen LogP contribution in [0.3, 0.4) is 0 Å². The van der Waals surface area contributed by atoms with Crippen LogP contribution in [0.2, 0.25) is 0 Å². The van der Waals surface area contributed by atoms with Crippen molar-refractivity contribution in [2.75, 3.05) is 30.3 Å². The maximum Gasteiger partial charge on any atom is 0.146 e. The first kappa shape index (κ1) is 19.2. The van der Waals surface area contributed by atoms with Gasteiger partial charge in [-0.3, -0.25) is 4.90 Å². The number of nitriles is 1. The van der Waals surface area contributed by atoms with E-state index in [2.05, 4.69) is 28.5 Å².